The van der Waals surface area contributed by atoms with Gasteiger partial charge in [-0.15, -0.1) is 0 Å². The lowest BCUT2D eigenvalue weighted by molar-refractivity contribution is -0.138. The van der Waals surface area contributed by atoms with Crippen molar-refractivity contribution < 1.29 is 53.4 Å². The van der Waals surface area contributed by atoms with Gasteiger partial charge in [-0.05, 0) is 269 Å². The van der Waals surface area contributed by atoms with Crippen LogP contribution in [0.15, 0.2) is 240 Å². The highest BCUT2D eigenvalue weighted by molar-refractivity contribution is 5.67. The molecule has 0 spiro atoms. The van der Waals surface area contributed by atoms with Gasteiger partial charge in [0.15, 0.2) is 5.79 Å². The van der Waals surface area contributed by atoms with Gasteiger partial charge in [0.25, 0.3) is 0 Å². The quantitative estimate of drug-likeness (QED) is 0.0265. The summed E-state index contributed by atoms with van der Waals surface area (Å²) in [6, 6.07) is 36.6. The highest BCUT2D eigenvalue weighted by Gasteiger charge is 2.31. The van der Waals surface area contributed by atoms with Gasteiger partial charge < -0.3 is 58.0 Å². The van der Waals surface area contributed by atoms with Crippen molar-refractivity contribution in [2.24, 2.45) is 7.05 Å². The second-order valence-electron chi connectivity index (χ2n) is 32.4. The minimum Gasteiger partial charge on any atom is -0.481 e. The molecular weight excluding hydrogens is 1770 g/mol. The van der Waals surface area contributed by atoms with E-state index in [9.17, 15) is 14.4 Å². The maximum absolute atomic E-state index is 9.76. The number of nitrogens with zero attached hydrogens (tertiary/aromatic N) is 14. The van der Waals surface area contributed by atoms with Crippen LogP contribution in [0.4, 0.5) is 0 Å². The zero-order valence-electron chi connectivity index (χ0n) is 91.9. The molecule has 0 radical (unpaired) electrons. The van der Waals surface area contributed by atoms with E-state index in [1.165, 1.54) is 140 Å². The van der Waals surface area contributed by atoms with E-state index in [0.717, 1.165) is 122 Å². The monoisotopic (exact) mass is 1960 g/mol. The summed E-state index contributed by atoms with van der Waals surface area (Å²) in [5, 5.41) is 23.7. The van der Waals surface area contributed by atoms with Gasteiger partial charge in [-0.25, -0.2) is 15.0 Å². The van der Waals surface area contributed by atoms with Crippen molar-refractivity contribution in [1.29, 1.82) is 0 Å². The zero-order chi connectivity index (χ0) is 106. The van der Waals surface area contributed by atoms with Crippen molar-refractivity contribution in [2.75, 3.05) is 67.9 Å². The molecular formula is C115H191N15O11. The first-order chi connectivity index (χ1) is 68.2. The van der Waals surface area contributed by atoms with Crippen molar-refractivity contribution in [1.82, 2.24) is 73.8 Å². The lowest BCUT2D eigenvalue weighted by Gasteiger charge is -2.16. The predicted molar refractivity (Wildman–Crippen MR) is 586 cm³/mol. The third kappa shape index (κ3) is 106. The first-order valence-electron chi connectivity index (χ1n) is 51.4. The summed E-state index contributed by atoms with van der Waals surface area (Å²) in [6.07, 6.45) is 69.1. The van der Waals surface area contributed by atoms with Gasteiger partial charge in [-0.1, -0.05) is 200 Å². The molecule has 1 unspecified atom stereocenters. The highest BCUT2D eigenvalue weighted by Crippen LogP contribution is 2.23. The number of rotatable bonds is 36. The molecule has 1 aliphatic heterocycles. The first-order valence-corrected chi connectivity index (χ1v) is 51.4. The maximum atomic E-state index is 9.76. The Morgan fingerprint density at radius 3 is 1.17 bits per heavy atom. The molecule has 0 amide bonds. The fourth-order valence-electron chi connectivity index (χ4n) is 10.6. The van der Waals surface area contributed by atoms with Crippen molar-refractivity contribution in [3.8, 4) is 0 Å². The van der Waals surface area contributed by atoms with E-state index in [0.29, 0.717) is 25.6 Å². The fraction of sp³-hybridized carbons (Fsp3) is 0.548. The average molecular weight is 1960 g/mol. The first kappa shape index (κ1) is 141. The van der Waals surface area contributed by atoms with E-state index in [1.54, 1.807) is 46.1 Å². The Balaban J connectivity index is -0.000000343. The van der Waals surface area contributed by atoms with E-state index in [2.05, 4.69) is 236 Å². The van der Waals surface area contributed by atoms with E-state index in [-0.39, 0.29) is 12.2 Å². The Bertz CT molecular complexity index is 3970. The largest absolute Gasteiger partial charge is 0.481 e. The van der Waals surface area contributed by atoms with E-state index < -0.39 is 17.9 Å². The Labute approximate surface area is 854 Å². The maximum Gasteiger partial charge on any atom is 0.303 e. The van der Waals surface area contributed by atoms with E-state index in [1.807, 2.05) is 206 Å². The number of methoxy groups -OCH3 is 2. The number of aliphatic carboxylic acids is 3. The minimum absolute atomic E-state index is 0.222. The van der Waals surface area contributed by atoms with Gasteiger partial charge in [0, 0.05) is 195 Å². The number of nitrogens with one attached hydrogen (secondary N) is 1. The lowest BCUT2D eigenvalue weighted by Crippen LogP contribution is -2.21. The van der Waals surface area contributed by atoms with Crippen molar-refractivity contribution in [2.45, 2.75) is 343 Å². The number of carboxylic acids is 3. The van der Waals surface area contributed by atoms with Gasteiger partial charge in [-0.3, -0.25) is 54.3 Å². The SMILES string of the molecule is CCC(=O)O.CCC1COC(C)(C)O1.CCCC(=O)O.CCCCC(=O)O.CCCCN(C)C.CCCCc1cccnc1.CCCCc1ccncc1.CCCOC.CCCOCCOC.CCCc1ccccn1.CCCc1cccnc1.CCCc1ccncc1.CCCn1ccnc1.CCc1ccccn1.CCc1cccnc1.CCc1ccncc1.CCc1cnc[nH]1.CCc1cncn1C. The average Bonchev–Trinajstić information content (AvgIpc) is 1.74. The number of carbonyl (C=O) groups is 3. The topological polar surface area (TPSA) is 329 Å². The molecule has 0 aliphatic carbocycles. The molecule has 11 aromatic heterocycles. The summed E-state index contributed by atoms with van der Waals surface area (Å²) in [5.41, 5.74) is 12.9. The van der Waals surface area contributed by atoms with Crippen LogP contribution < -0.4 is 0 Å². The highest BCUT2D eigenvalue weighted by atomic mass is 16.7. The number of pyridine rings is 8. The number of aromatic amines is 1. The number of aromatic nitrogens is 14. The standard InChI is InChI=1S/2C9H13N.3C8H11N.3C7H9N.C7H14O2.2C6H10N2.C6H15N.C6H14O2.C5H8N2.C5H10O2.C4H8O2.C4H10O.C3H6O2/c1-2-3-5-9-6-4-7-10-8-9;1-2-3-4-9-5-7-10-8-6-9;1-2-5-8-6-3-4-7-9-8;1-2-4-8-5-3-6-9-7-8;1-2-3-8-4-6-9-7-5-8;1-2-7-3-5-8-6-4-7;1-2-7-4-3-5-8-6-7;1-2-7-5-3-4-6-8-7;1-4-6-5-8-7(2,3)9-6;1-3-6-4-7-5-8(6)2;1-2-4-8-5-3-7-6-8;1-4-5-6-7(2)3;1-3-4-8-6-5-7-2;1-2-5-3-6-4-7-5;1-2-3-4-5(6)7;1-2-3-4(5)6;1-3-4-5-2;1-2-3(4)5/h4,6-8H,2-3,5H2,1H3;5-8H,2-4H2,1H3;3-4,6-7H,2,5H2,1H3;3,5-7H,2,4H2,1H3;4-7H,2-3H2,1H3;3*3-6H,2H2,1H3;6H,4-5H2,1-3H3;4-5H,3H2,1-2H3;3,5-6H,2,4H2,1H3;4-6H2,1-3H3;3-6H2,1-2H3;3-4H,2H2,1H3,(H,6,7);2-4H2,1H3,(H,6,7);2-3H2,1H3,(H,5,6);3-4H2,1-2H3;2H2,1H3,(H,4,5). The van der Waals surface area contributed by atoms with Gasteiger partial charge in [0.2, 0.25) is 0 Å². The van der Waals surface area contributed by atoms with Crippen LogP contribution in [-0.4, -0.2) is 187 Å². The van der Waals surface area contributed by atoms with Gasteiger partial charge in [-0.2, -0.15) is 0 Å². The number of unbranched alkanes of at least 4 members (excludes halogenated alkanes) is 4. The number of ether oxygens (including phenoxy) is 5. The molecule has 141 heavy (non-hydrogen) atoms. The molecule has 0 aromatic carbocycles. The van der Waals surface area contributed by atoms with Crippen LogP contribution in [0.2, 0.25) is 0 Å². The molecule has 1 fully saturated rings. The van der Waals surface area contributed by atoms with Crippen LogP contribution >= 0.6 is 0 Å². The molecule has 792 valence electrons. The molecule has 26 nitrogen and oxygen atoms in total. The Kier molecular flexibility index (Phi) is 111. The number of hydrogen-bond donors (Lipinski definition) is 4. The molecule has 4 N–H and O–H groups in total. The van der Waals surface area contributed by atoms with E-state index in [4.69, 9.17) is 39.0 Å². The summed E-state index contributed by atoms with van der Waals surface area (Å²) in [4.78, 5) is 77.6. The van der Waals surface area contributed by atoms with Crippen LogP contribution in [0.25, 0.3) is 0 Å². The van der Waals surface area contributed by atoms with Crippen molar-refractivity contribution in [3.05, 3.63) is 296 Å². The van der Waals surface area contributed by atoms with Crippen molar-refractivity contribution in [3.63, 3.8) is 0 Å². The van der Waals surface area contributed by atoms with Crippen LogP contribution in [0.5, 0.6) is 0 Å². The second kappa shape index (κ2) is 111. The fourth-order valence-corrected chi connectivity index (χ4v) is 10.6. The Morgan fingerprint density at radius 1 is 0.411 bits per heavy atom. The van der Waals surface area contributed by atoms with Gasteiger partial charge in [0.05, 0.1) is 44.9 Å². The van der Waals surface area contributed by atoms with Gasteiger partial charge in [0.1, 0.15) is 0 Å². The number of hydrogen-bond acceptors (Lipinski definition) is 20. The summed E-state index contributed by atoms with van der Waals surface area (Å²) in [6.45, 7) is 47.7. The zero-order valence-corrected chi connectivity index (χ0v) is 91.9. The molecule has 12 heterocycles. The smallest absolute Gasteiger partial charge is 0.303 e. The minimum atomic E-state index is -0.745. The van der Waals surface area contributed by atoms with Crippen molar-refractivity contribution >= 4 is 17.9 Å². The molecule has 1 aliphatic rings. The summed E-state index contributed by atoms with van der Waals surface area (Å²) in [5.74, 6) is -2.48. The number of imidazole rings is 3. The second-order valence-corrected chi connectivity index (χ2v) is 32.4. The van der Waals surface area contributed by atoms with Crippen LogP contribution in [0.1, 0.15) is 317 Å². The third-order valence-electron chi connectivity index (χ3n) is 18.7. The molecule has 0 bridgehead atoms. The molecule has 1 atom stereocenters. The molecule has 1 saturated heterocycles. The summed E-state index contributed by atoms with van der Waals surface area (Å²) in [7, 11) is 9.61. The summed E-state index contributed by atoms with van der Waals surface area (Å²) >= 11 is 0. The Hall–Kier alpha value is -11.0. The Morgan fingerprint density at radius 2 is 0.894 bits per heavy atom. The van der Waals surface area contributed by atoms with Crippen LogP contribution in [-0.2, 0) is 116 Å². The number of H-pyrrole nitrogens is 1. The normalized spacial score (nSPS) is 10.8. The third-order valence-corrected chi connectivity index (χ3v) is 18.7. The predicted octanol–water partition coefficient (Wildman–Crippen LogP) is 26.7. The number of aryl methyl sites for hydroxylation is 12. The molecule has 0 saturated carbocycles. The summed E-state index contributed by atoms with van der Waals surface area (Å²) < 4.78 is 29.4. The lowest BCUT2D eigenvalue weighted by atomic mass is 10.1. The molecule has 11 aromatic rings. The van der Waals surface area contributed by atoms with Crippen LogP contribution in [0.3, 0.4) is 0 Å². The molecule has 12 rings (SSSR count). The van der Waals surface area contributed by atoms with Crippen LogP contribution in [0, 0.1) is 0 Å². The molecule has 26 heteroatoms. The van der Waals surface area contributed by atoms with Gasteiger partial charge >= 0.3 is 17.9 Å². The number of carboxylic acid groups (broad SMARTS) is 3. The van der Waals surface area contributed by atoms with E-state index >= 15 is 0 Å².